The van der Waals surface area contributed by atoms with Gasteiger partial charge < -0.3 is 10.2 Å². The van der Waals surface area contributed by atoms with E-state index in [1.165, 1.54) is 6.92 Å². The topological polar surface area (TPSA) is 49.4 Å². The van der Waals surface area contributed by atoms with Crippen LogP contribution in [0.2, 0.25) is 0 Å². The smallest absolute Gasteiger partial charge is 0.250 e. The molecule has 0 radical (unpaired) electrons. The van der Waals surface area contributed by atoms with Crippen LogP contribution >= 0.6 is 23.2 Å². The second kappa shape index (κ2) is 10.7. The minimum absolute atomic E-state index is 0.233. The molecule has 4 nitrogen and oxygen atoms in total. The number of aryl methyl sites for hydroxylation is 1. The zero-order valence-electron chi connectivity index (χ0n) is 17.1. The van der Waals surface area contributed by atoms with Crippen molar-refractivity contribution in [2.75, 3.05) is 4.90 Å². The summed E-state index contributed by atoms with van der Waals surface area (Å²) in [4.78, 5) is 26.9. The van der Waals surface area contributed by atoms with Crippen LogP contribution in [0.5, 0.6) is 0 Å². The molecule has 3 unspecified atom stereocenters. The van der Waals surface area contributed by atoms with E-state index in [0.717, 1.165) is 29.7 Å². The molecule has 0 saturated carbocycles. The van der Waals surface area contributed by atoms with Gasteiger partial charge in [0.25, 0.3) is 0 Å². The zero-order valence-corrected chi connectivity index (χ0v) is 18.6. The summed E-state index contributed by atoms with van der Waals surface area (Å²) in [6, 6.07) is 6.51. The number of nitrogens with zero attached hydrogens (tertiary/aromatic N) is 1. The Morgan fingerprint density at radius 2 is 1.97 bits per heavy atom. The molecule has 0 fully saturated rings. The van der Waals surface area contributed by atoms with Crippen LogP contribution in [-0.2, 0) is 16.0 Å². The van der Waals surface area contributed by atoms with E-state index in [2.05, 4.69) is 11.9 Å². The van der Waals surface area contributed by atoms with E-state index in [1.807, 2.05) is 44.2 Å². The van der Waals surface area contributed by atoms with E-state index in [0.29, 0.717) is 11.5 Å². The lowest BCUT2D eigenvalue weighted by atomic mass is 9.98. The lowest BCUT2D eigenvalue weighted by molar-refractivity contribution is -0.126. The third-order valence-electron chi connectivity index (χ3n) is 4.81. The molecular formula is C23H28Cl2N2O2. The standard InChI is InChI=1S/C23H28Cl2N2O2/c1-5-20(26-16(4)28)23(29)27(22-18(24)10-8-11-19(22)25)21-12-7-6-9-17(21)14-13-15(2)3/h6-12,18,20,22H,2,5,13-14H2,1,3-4H3,(H,26,28). The highest BCUT2D eigenvalue weighted by atomic mass is 35.5. The van der Waals surface area contributed by atoms with Crippen molar-refractivity contribution in [2.45, 2.75) is 57.5 Å². The minimum atomic E-state index is -0.666. The Bertz CT molecular complexity index is 832. The first-order valence-corrected chi connectivity index (χ1v) is 10.6. The fraction of sp³-hybridized carbons (Fsp3) is 0.391. The molecule has 0 spiro atoms. The molecule has 0 aliphatic heterocycles. The molecule has 2 amide bonds. The molecule has 2 rings (SSSR count). The molecule has 1 aliphatic rings. The molecule has 6 heteroatoms. The zero-order chi connectivity index (χ0) is 21.6. The number of allylic oxidation sites excluding steroid dienone is 3. The van der Waals surface area contributed by atoms with Crippen molar-refractivity contribution in [3.8, 4) is 0 Å². The summed E-state index contributed by atoms with van der Waals surface area (Å²) in [6.07, 6.45) is 7.36. The summed E-state index contributed by atoms with van der Waals surface area (Å²) < 4.78 is 0. The summed E-state index contributed by atoms with van der Waals surface area (Å²) in [5.41, 5.74) is 2.82. The first kappa shape index (κ1) is 23.2. The van der Waals surface area contributed by atoms with Crippen molar-refractivity contribution in [1.29, 1.82) is 0 Å². The average Bonchev–Trinajstić information content (AvgIpc) is 2.67. The van der Waals surface area contributed by atoms with Crippen LogP contribution in [0.4, 0.5) is 5.69 Å². The van der Waals surface area contributed by atoms with Gasteiger partial charge in [-0.1, -0.05) is 54.4 Å². The summed E-state index contributed by atoms with van der Waals surface area (Å²) in [5, 5.41) is 2.74. The van der Waals surface area contributed by atoms with Crippen LogP contribution in [-0.4, -0.2) is 29.3 Å². The van der Waals surface area contributed by atoms with Gasteiger partial charge >= 0.3 is 0 Å². The Morgan fingerprint density at radius 3 is 2.55 bits per heavy atom. The number of hydrogen-bond donors (Lipinski definition) is 1. The van der Waals surface area contributed by atoms with Crippen molar-refractivity contribution < 1.29 is 9.59 Å². The lowest BCUT2D eigenvalue weighted by Gasteiger charge is -2.38. The number of anilines is 1. The molecule has 1 N–H and O–H groups in total. The average molecular weight is 435 g/mol. The van der Waals surface area contributed by atoms with Crippen LogP contribution in [0.3, 0.4) is 0 Å². The molecule has 0 heterocycles. The van der Waals surface area contributed by atoms with Crippen molar-refractivity contribution in [3.05, 3.63) is 65.2 Å². The highest BCUT2D eigenvalue weighted by Crippen LogP contribution is 2.34. The Kier molecular flexibility index (Phi) is 8.54. The second-order valence-electron chi connectivity index (χ2n) is 7.28. The van der Waals surface area contributed by atoms with E-state index in [9.17, 15) is 9.59 Å². The Balaban J connectivity index is 2.55. The molecule has 0 bridgehead atoms. The third kappa shape index (κ3) is 5.97. The third-order valence-corrected chi connectivity index (χ3v) is 5.54. The SMILES string of the molecule is C=C(C)CCc1ccccc1N(C(=O)C(CC)NC(C)=O)C1C(Cl)=CC=CC1Cl. The number of hydrogen-bond acceptors (Lipinski definition) is 2. The van der Waals surface area contributed by atoms with Gasteiger partial charge in [-0.05, 0) is 43.9 Å². The van der Waals surface area contributed by atoms with E-state index in [4.69, 9.17) is 23.2 Å². The number of carbonyl (C=O) groups excluding carboxylic acids is 2. The van der Waals surface area contributed by atoms with Gasteiger partial charge in [0.05, 0.1) is 11.4 Å². The fourth-order valence-corrected chi connectivity index (χ4v) is 4.04. The highest BCUT2D eigenvalue weighted by Gasteiger charge is 2.37. The summed E-state index contributed by atoms with van der Waals surface area (Å²) >= 11 is 13.1. The van der Waals surface area contributed by atoms with Crippen molar-refractivity contribution in [2.24, 2.45) is 0 Å². The molecule has 156 valence electrons. The van der Waals surface area contributed by atoms with Gasteiger partial charge in [-0.15, -0.1) is 18.2 Å². The first-order valence-electron chi connectivity index (χ1n) is 9.76. The van der Waals surface area contributed by atoms with Crippen LogP contribution in [0.15, 0.2) is 59.7 Å². The van der Waals surface area contributed by atoms with Crippen molar-refractivity contribution in [1.82, 2.24) is 5.32 Å². The normalized spacial score (nSPS) is 19.3. The summed E-state index contributed by atoms with van der Waals surface area (Å²) in [6.45, 7) is 9.23. The van der Waals surface area contributed by atoms with E-state index in [-0.39, 0.29) is 11.8 Å². The number of nitrogens with one attached hydrogen (secondary N) is 1. The Labute approximate surface area is 183 Å². The first-order chi connectivity index (χ1) is 13.8. The molecule has 29 heavy (non-hydrogen) atoms. The second-order valence-corrected chi connectivity index (χ2v) is 8.22. The van der Waals surface area contributed by atoms with Gasteiger partial charge in [0, 0.05) is 17.6 Å². The van der Waals surface area contributed by atoms with Gasteiger partial charge in [-0.3, -0.25) is 9.59 Å². The minimum Gasteiger partial charge on any atom is -0.345 e. The summed E-state index contributed by atoms with van der Waals surface area (Å²) in [5.74, 6) is -0.490. The fourth-order valence-electron chi connectivity index (χ4n) is 3.34. The molecular weight excluding hydrogens is 407 g/mol. The quantitative estimate of drug-likeness (QED) is 0.456. The molecule has 0 saturated heterocycles. The number of para-hydroxylation sites is 1. The predicted molar refractivity (Wildman–Crippen MR) is 121 cm³/mol. The van der Waals surface area contributed by atoms with E-state index in [1.54, 1.807) is 17.1 Å². The lowest BCUT2D eigenvalue weighted by Crippen LogP contribution is -2.54. The largest absolute Gasteiger partial charge is 0.345 e. The maximum Gasteiger partial charge on any atom is 0.250 e. The monoisotopic (exact) mass is 434 g/mol. The molecule has 1 aromatic carbocycles. The van der Waals surface area contributed by atoms with Crippen molar-refractivity contribution >= 4 is 40.7 Å². The van der Waals surface area contributed by atoms with E-state index < -0.39 is 17.5 Å². The maximum absolute atomic E-state index is 13.6. The van der Waals surface area contributed by atoms with Gasteiger partial charge in [0.15, 0.2) is 0 Å². The highest BCUT2D eigenvalue weighted by molar-refractivity contribution is 6.33. The van der Waals surface area contributed by atoms with Crippen molar-refractivity contribution in [3.63, 3.8) is 0 Å². The van der Waals surface area contributed by atoms with Gasteiger partial charge in [0.1, 0.15) is 6.04 Å². The summed E-state index contributed by atoms with van der Waals surface area (Å²) in [7, 11) is 0. The molecule has 1 aromatic rings. The number of benzene rings is 1. The molecule has 0 aromatic heterocycles. The number of halogens is 2. The van der Waals surface area contributed by atoms with Gasteiger partial charge in [-0.2, -0.15) is 0 Å². The Morgan fingerprint density at radius 1 is 1.28 bits per heavy atom. The van der Waals surface area contributed by atoms with Crippen LogP contribution < -0.4 is 10.2 Å². The molecule has 3 atom stereocenters. The van der Waals surface area contributed by atoms with Crippen LogP contribution in [0, 0.1) is 0 Å². The number of rotatable bonds is 8. The number of alkyl halides is 1. The van der Waals surface area contributed by atoms with Crippen LogP contribution in [0.1, 0.15) is 39.2 Å². The maximum atomic E-state index is 13.6. The number of amides is 2. The predicted octanol–water partition coefficient (Wildman–Crippen LogP) is 5.11. The Hall–Kier alpha value is -2.04. The van der Waals surface area contributed by atoms with Gasteiger partial charge in [0.2, 0.25) is 11.8 Å². The number of carbonyl (C=O) groups is 2. The van der Waals surface area contributed by atoms with Gasteiger partial charge in [-0.25, -0.2) is 0 Å². The van der Waals surface area contributed by atoms with Crippen LogP contribution in [0.25, 0.3) is 0 Å². The molecule has 1 aliphatic carbocycles. The van der Waals surface area contributed by atoms with E-state index >= 15 is 0 Å².